The molecule has 0 unspecified atom stereocenters. The molecule has 0 radical (unpaired) electrons. The molecular formula is C35H37NO6. The number of methoxy groups -OCH3 is 2. The van der Waals surface area contributed by atoms with Gasteiger partial charge >= 0.3 is 6.09 Å². The molecule has 42 heavy (non-hydrogen) atoms. The smallest absolute Gasteiger partial charge is 0.410 e. The lowest BCUT2D eigenvalue weighted by Gasteiger charge is -2.37. The first-order valence-corrected chi connectivity index (χ1v) is 14.2. The number of nitrogens with zero attached hydrogens (tertiary/aromatic N) is 1. The molecule has 0 N–H and O–H groups in total. The van der Waals surface area contributed by atoms with Crippen molar-refractivity contribution in [1.29, 1.82) is 0 Å². The van der Waals surface area contributed by atoms with Crippen molar-refractivity contribution in [1.82, 2.24) is 4.90 Å². The molecule has 0 saturated carbocycles. The van der Waals surface area contributed by atoms with Crippen LogP contribution in [0.15, 0.2) is 91.0 Å². The van der Waals surface area contributed by atoms with E-state index in [1.807, 2.05) is 103 Å². The molecule has 0 aromatic heterocycles. The maximum absolute atomic E-state index is 13.1. The van der Waals surface area contributed by atoms with Crippen molar-refractivity contribution in [2.24, 2.45) is 0 Å². The van der Waals surface area contributed by atoms with Gasteiger partial charge in [-0.3, -0.25) is 0 Å². The van der Waals surface area contributed by atoms with Crippen LogP contribution in [-0.4, -0.2) is 38.4 Å². The van der Waals surface area contributed by atoms with Gasteiger partial charge in [0, 0.05) is 6.54 Å². The van der Waals surface area contributed by atoms with Crippen LogP contribution in [0, 0.1) is 0 Å². The molecule has 4 aromatic carbocycles. The van der Waals surface area contributed by atoms with Crippen molar-refractivity contribution in [3.8, 4) is 23.0 Å². The predicted octanol–water partition coefficient (Wildman–Crippen LogP) is 7.16. The van der Waals surface area contributed by atoms with Crippen LogP contribution in [0.3, 0.4) is 0 Å². The summed E-state index contributed by atoms with van der Waals surface area (Å²) >= 11 is 0. The van der Waals surface area contributed by atoms with Gasteiger partial charge in [-0.1, -0.05) is 66.7 Å². The van der Waals surface area contributed by atoms with Crippen molar-refractivity contribution in [2.75, 3.05) is 27.4 Å². The lowest BCUT2D eigenvalue weighted by molar-refractivity contribution is 0.0863. The van der Waals surface area contributed by atoms with E-state index in [1.165, 1.54) is 0 Å². The van der Waals surface area contributed by atoms with Crippen LogP contribution in [0.25, 0.3) is 0 Å². The molecule has 1 amide bonds. The number of ether oxygens (including phenoxy) is 5. The maximum atomic E-state index is 13.1. The third-order valence-corrected chi connectivity index (χ3v) is 7.42. The normalized spacial score (nSPS) is 14.1. The molecule has 1 atom stereocenters. The monoisotopic (exact) mass is 567 g/mol. The second-order valence-corrected chi connectivity index (χ2v) is 10.1. The van der Waals surface area contributed by atoms with E-state index in [0.29, 0.717) is 62.2 Å². The molecule has 4 aromatic rings. The lowest BCUT2D eigenvalue weighted by Crippen LogP contribution is -2.41. The Morgan fingerprint density at radius 2 is 1.36 bits per heavy atom. The lowest BCUT2D eigenvalue weighted by atomic mass is 9.88. The molecule has 218 valence electrons. The molecule has 0 bridgehead atoms. The van der Waals surface area contributed by atoms with E-state index >= 15 is 0 Å². The van der Waals surface area contributed by atoms with E-state index in [-0.39, 0.29) is 12.1 Å². The summed E-state index contributed by atoms with van der Waals surface area (Å²) in [4.78, 5) is 14.9. The Morgan fingerprint density at radius 3 is 1.98 bits per heavy atom. The maximum Gasteiger partial charge on any atom is 0.410 e. The molecule has 7 nitrogen and oxygen atoms in total. The fourth-order valence-corrected chi connectivity index (χ4v) is 5.28. The fraction of sp³-hybridized carbons (Fsp3) is 0.286. The molecule has 1 aliphatic rings. The van der Waals surface area contributed by atoms with Crippen molar-refractivity contribution in [3.05, 3.63) is 119 Å². The van der Waals surface area contributed by atoms with Gasteiger partial charge in [0.05, 0.1) is 26.9 Å². The van der Waals surface area contributed by atoms with E-state index in [1.54, 1.807) is 14.2 Å². The minimum atomic E-state index is -0.328. The summed E-state index contributed by atoms with van der Waals surface area (Å²) in [5, 5.41) is 0. The minimum Gasteiger partial charge on any atom is -0.493 e. The highest BCUT2D eigenvalue weighted by Gasteiger charge is 2.33. The van der Waals surface area contributed by atoms with E-state index < -0.39 is 0 Å². The second kappa shape index (κ2) is 13.8. The van der Waals surface area contributed by atoms with Crippen LogP contribution in [0.1, 0.15) is 40.8 Å². The standard InChI is InChI=1S/C35H37NO6/c1-4-40-35(37)36-18-17-28-21-33(39-3)34(42-24-26-13-9-6-10-14-26)22-29(28)30(36)19-27-15-16-31(32(20-27)38-2)41-23-25-11-7-5-8-12-25/h5-16,20-22,30H,4,17-19,23-24H2,1-3H3/t30-/m0/s1. The Balaban J connectivity index is 1.44. The Hall–Kier alpha value is -4.65. The third kappa shape index (κ3) is 6.79. The van der Waals surface area contributed by atoms with Gasteiger partial charge in [0.2, 0.25) is 0 Å². The molecule has 0 spiro atoms. The van der Waals surface area contributed by atoms with Crippen LogP contribution in [0.2, 0.25) is 0 Å². The topological polar surface area (TPSA) is 66.5 Å². The number of carbonyl (C=O) groups excluding carboxylic acids is 1. The zero-order valence-corrected chi connectivity index (χ0v) is 24.4. The van der Waals surface area contributed by atoms with Crippen molar-refractivity contribution < 1.29 is 28.5 Å². The molecule has 0 saturated heterocycles. The molecule has 5 rings (SSSR count). The van der Waals surface area contributed by atoms with Gasteiger partial charge in [-0.05, 0) is 71.8 Å². The molecule has 1 heterocycles. The molecule has 0 aliphatic carbocycles. The number of hydrogen-bond donors (Lipinski definition) is 0. The van der Waals surface area contributed by atoms with Crippen molar-refractivity contribution in [3.63, 3.8) is 0 Å². The summed E-state index contributed by atoms with van der Waals surface area (Å²) in [5.74, 6) is 2.62. The van der Waals surface area contributed by atoms with Crippen LogP contribution >= 0.6 is 0 Å². The second-order valence-electron chi connectivity index (χ2n) is 10.1. The number of carbonyl (C=O) groups is 1. The van der Waals surface area contributed by atoms with Crippen molar-refractivity contribution >= 4 is 6.09 Å². The average Bonchev–Trinajstić information content (AvgIpc) is 3.03. The number of rotatable bonds is 11. The highest BCUT2D eigenvalue weighted by atomic mass is 16.6. The van der Waals surface area contributed by atoms with Crippen LogP contribution < -0.4 is 18.9 Å². The quantitative estimate of drug-likeness (QED) is 0.192. The number of amides is 1. The predicted molar refractivity (Wildman–Crippen MR) is 161 cm³/mol. The van der Waals surface area contributed by atoms with Gasteiger partial charge in [-0.2, -0.15) is 0 Å². The van der Waals surface area contributed by atoms with Gasteiger partial charge in [0.15, 0.2) is 23.0 Å². The zero-order valence-electron chi connectivity index (χ0n) is 24.4. The summed E-state index contributed by atoms with van der Waals surface area (Å²) in [7, 11) is 3.29. The number of fused-ring (bicyclic) bond motifs is 1. The molecule has 7 heteroatoms. The van der Waals surface area contributed by atoms with E-state index in [2.05, 4.69) is 0 Å². The number of hydrogen-bond acceptors (Lipinski definition) is 6. The summed E-state index contributed by atoms with van der Waals surface area (Å²) < 4.78 is 29.2. The Labute approximate surface area is 247 Å². The first-order valence-electron chi connectivity index (χ1n) is 14.2. The zero-order chi connectivity index (χ0) is 29.3. The molecule has 1 aliphatic heterocycles. The first-order chi connectivity index (χ1) is 20.6. The van der Waals surface area contributed by atoms with Crippen LogP contribution in [0.5, 0.6) is 23.0 Å². The summed E-state index contributed by atoms with van der Waals surface area (Å²) in [5.41, 5.74) is 5.28. The summed E-state index contributed by atoms with van der Waals surface area (Å²) in [6.45, 7) is 3.52. The third-order valence-electron chi connectivity index (χ3n) is 7.42. The van der Waals surface area contributed by atoms with E-state index in [9.17, 15) is 4.79 Å². The van der Waals surface area contributed by atoms with E-state index in [0.717, 1.165) is 27.8 Å². The largest absolute Gasteiger partial charge is 0.493 e. The van der Waals surface area contributed by atoms with Crippen LogP contribution in [0.4, 0.5) is 4.79 Å². The average molecular weight is 568 g/mol. The minimum absolute atomic E-state index is 0.265. The Kier molecular flexibility index (Phi) is 9.49. The van der Waals surface area contributed by atoms with E-state index in [4.69, 9.17) is 23.7 Å². The van der Waals surface area contributed by atoms with Crippen molar-refractivity contribution in [2.45, 2.75) is 39.0 Å². The highest BCUT2D eigenvalue weighted by molar-refractivity contribution is 5.69. The molecular weight excluding hydrogens is 530 g/mol. The summed E-state index contributed by atoms with van der Waals surface area (Å²) in [6.07, 6.45) is 0.923. The molecule has 0 fully saturated rings. The SMILES string of the molecule is CCOC(=O)N1CCc2cc(OC)c(OCc3ccccc3)cc2[C@@H]1Cc1ccc(OCc2ccccc2)c(OC)c1. The Morgan fingerprint density at radius 1 is 0.738 bits per heavy atom. The van der Waals surface area contributed by atoms with Gasteiger partial charge < -0.3 is 28.6 Å². The van der Waals surface area contributed by atoms with Gasteiger partial charge in [-0.15, -0.1) is 0 Å². The van der Waals surface area contributed by atoms with Gasteiger partial charge in [0.25, 0.3) is 0 Å². The first kappa shape index (κ1) is 28.9. The van der Waals surface area contributed by atoms with Gasteiger partial charge in [0.1, 0.15) is 13.2 Å². The summed E-state index contributed by atoms with van der Waals surface area (Å²) in [6, 6.07) is 29.7. The number of benzene rings is 4. The highest BCUT2D eigenvalue weighted by Crippen LogP contribution is 2.41. The van der Waals surface area contributed by atoms with Crippen LogP contribution in [-0.2, 0) is 30.8 Å². The Bertz CT molecular complexity index is 1470. The van der Waals surface area contributed by atoms with Gasteiger partial charge in [-0.25, -0.2) is 4.79 Å². The fourth-order valence-electron chi connectivity index (χ4n) is 5.28.